The first-order valence-electron chi connectivity index (χ1n) is 8.59. The molecule has 0 bridgehead atoms. The summed E-state index contributed by atoms with van der Waals surface area (Å²) in [5.41, 5.74) is 2.74. The van der Waals surface area contributed by atoms with Crippen LogP contribution in [0.1, 0.15) is 17.2 Å². The highest BCUT2D eigenvalue weighted by Crippen LogP contribution is 2.27. The fraction of sp³-hybridized carbons (Fsp3) is 0.350. The molecule has 0 saturated carbocycles. The van der Waals surface area contributed by atoms with Gasteiger partial charge in [-0.1, -0.05) is 48.0 Å². The lowest BCUT2D eigenvalue weighted by atomic mass is 10.0. The Balaban J connectivity index is 1.84. The van der Waals surface area contributed by atoms with Gasteiger partial charge in [-0.05, 0) is 37.2 Å². The number of nitrogens with zero attached hydrogens (tertiary/aromatic N) is 2. The minimum atomic E-state index is -0.313. The van der Waals surface area contributed by atoms with E-state index in [9.17, 15) is 4.79 Å². The number of amides is 1. The van der Waals surface area contributed by atoms with Crippen LogP contribution in [0.4, 0.5) is 5.69 Å². The molecular formula is C20H24ClN3O. The zero-order chi connectivity index (χ0) is 17.8. The fourth-order valence-electron chi connectivity index (χ4n) is 3.17. The summed E-state index contributed by atoms with van der Waals surface area (Å²) in [6, 6.07) is 15.3. The summed E-state index contributed by atoms with van der Waals surface area (Å²) in [7, 11) is 2.11. The van der Waals surface area contributed by atoms with Crippen molar-refractivity contribution in [2.24, 2.45) is 0 Å². The molecule has 3 rings (SSSR count). The molecule has 2 aromatic carbocycles. The van der Waals surface area contributed by atoms with Crippen LogP contribution in [0.3, 0.4) is 0 Å². The van der Waals surface area contributed by atoms with E-state index in [0.29, 0.717) is 10.7 Å². The highest BCUT2D eigenvalue weighted by molar-refractivity contribution is 6.33. The molecular weight excluding hydrogens is 334 g/mol. The highest BCUT2D eigenvalue weighted by Gasteiger charge is 2.30. The van der Waals surface area contributed by atoms with Gasteiger partial charge in [0.1, 0.15) is 6.04 Å². The molecule has 1 fully saturated rings. The number of likely N-dealkylation sites (N-methyl/N-ethyl adjacent to an activating group) is 1. The van der Waals surface area contributed by atoms with Gasteiger partial charge < -0.3 is 10.2 Å². The summed E-state index contributed by atoms with van der Waals surface area (Å²) in [4.78, 5) is 17.6. The third kappa shape index (κ3) is 4.40. The number of nitrogens with one attached hydrogen (secondary N) is 1. The van der Waals surface area contributed by atoms with E-state index in [-0.39, 0.29) is 11.9 Å². The molecule has 5 heteroatoms. The Bertz CT molecular complexity index is 727. The number of carbonyl (C=O) groups excluding carboxylic acids is 1. The molecule has 1 N–H and O–H groups in total. The number of carbonyl (C=O) groups is 1. The number of hydrogen-bond donors (Lipinski definition) is 1. The van der Waals surface area contributed by atoms with Crippen molar-refractivity contribution in [2.45, 2.75) is 13.0 Å². The van der Waals surface area contributed by atoms with E-state index in [0.717, 1.165) is 37.3 Å². The van der Waals surface area contributed by atoms with E-state index in [1.54, 1.807) is 0 Å². The van der Waals surface area contributed by atoms with Gasteiger partial charge in [0, 0.05) is 26.2 Å². The largest absolute Gasteiger partial charge is 0.323 e. The molecule has 0 aromatic heterocycles. The van der Waals surface area contributed by atoms with E-state index in [2.05, 4.69) is 22.2 Å². The number of benzene rings is 2. The van der Waals surface area contributed by atoms with E-state index >= 15 is 0 Å². The van der Waals surface area contributed by atoms with Crippen molar-refractivity contribution in [1.29, 1.82) is 0 Å². The van der Waals surface area contributed by atoms with Crippen LogP contribution >= 0.6 is 11.6 Å². The molecule has 2 aromatic rings. The van der Waals surface area contributed by atoms with Crippen molar-refractivity contribution in [3.05, 3.63) is 64.7 Å². The molecule has 4 nitrogen and oxygen atoms in total. The molecule has 0 radical (unpaired) electrons. The number of halogens is 1. The summed E-state index contributed by atoms with van der Waals surface area (Å²) < 4.78 is 0. The van der Waals surface area contributed by atoms with Crippen LogP contribution in [0.15, 0.2) is 48.5 Å². The maximum absolute atomic E-state index is 13.1. The molecule has 1 amide bonds. The summed E-state index contributed by atoms with van der Waals surface area (Å²) >= 11 is 6.29. The minimum absolute atomic E-state index is 0.0403. The predicted molar refractivity (Wildman–Crippen MR) is 103 cm³/mol. The lowest BCUT2D eigenvalue weighted by molar-refractivity contribution is -0.122. The molecule has 0 unspecified atom stereocenters. The van der Waals surface area contributed by atoms with Crippen molar-refractivity contribution in [1.82, 2.24) is 9.80 Å². The molecule has 0 aliphatic carbocycles. The second kappa shape index (κ2) is 8.00. The first-order chi connectivity index (χ1) is 12.0. The lowest BCUT2D eigenvalue weighted by Gasteiger charge is -2.37. The van der Waals surface area contributed by atoms with Gasteiger partial charge in [0.15, 0.2) is 0 Å². The SMILES string of the molecule is Cc1ccc(NC(=O)[C@@H](c2ccccc2)N2CCN(C)CC2)c(Cl)c1. The van der Waals surface area contributed by atoms with Crippen molar-refractivity contribution in [3.8, 4) is 0 Å². The molecule has 1 heterocycles. The average molecular weight is 358 g/mol. The smallest absolute Gasteiger partial charge is 0.246 e. The van der Waals surface area contributed by atoms with Crippen molar-refractivity contribution in [2.75, 3.05) is 38.5 Å². The van der Waals surface area contributed by atoms with Gasteiger partial charge in [0.25, 0.3) is 0 Å². The lowest BCUT2D eigenvalue weighted by Crippen LogP contribution is -2.48. The van der Waals surface area contributed by atoms with Gasteiger partial charge in [-0.25, -0.2) is 0 Å². The second-order valence-corrected chi connectivity index (χ2v) is 7.03. The zero-order valence-electron chi connectivity index (χ0n) is 14.7. The van der Waals surface area contributed by atoms with E-state index in [1.807, 2.05) is 55.5 Å². The van der Waals surface area contributed by atoms with Crippen molar-refractivity contribution >= 4 is 23.2 Å². The maximum Gasteiger partial charge on any atom is 0.246 e. The first kappa shape index (κ1) is 17.9. The summed E-state index contributed by atoms with van der Waals surface area (Å²) in [5.74, 6) is -0.0403. The number of hydrogen-bond acceptors (Lipinski definition) is 3. The molecule has 1 atom stereocenters. The third-order valence-corrected chi connectivity index (χ3v) is 4.96. The normalized spacial score (nSPS) is 17.2. The van der Waals surface area contributed by atoms with Gasteiger partial charge in [-0.2, -0.15) is 0 Å². The first-order valence-corrected chi connectivity index (χ1v) is 8.97. The number of piperazine rings is 1. The topological polar surface area (TPSA) is 35.6 Å². The van der Waals surface area contributed by atoms with Gasteiger partial charge >= 0.3 is 0 Å². The Morgan fingerprint density at radius 1 is 1.08 bits per heavy atom. The van der Waals surface area contributed by atoms with E-state index in [1.165, 1.54) is 0 Å². The molecule has 132 valence electrons. The average Bonchev–Trinajstić information content (AvgIpc) is 2.60. The number of aryl methyl sites for hydroxylation is 1. The maximum atomic E-state index is 13.1. The quantitative estimate of drug-likeness (QED) is 0.908. The van der Waals surface area contributed by atoms with Gasteiger partial charge in [0.2, 0.25) is 5.91 Å². The van der Waals surface area contributed by atoms with Crippen molar-refractivity contribution < 1.29 is 4.79 Å². The molecule has 0 spiro atoms. The predicted octanol–water partition coefficient (Wildman–Crippen LogP) is 3.58. The van der Waals surface area contributed by atoms with Crippen LogP contribution in [0.25, 0.3) is 0 Å². The Morgan fingerprint density at radius 3 is 2.40 bits per heavy atom. The second-order valence-electron chi connectivity index (χ2n) is 6.63. The standard InChI is InChI=1S/C20H24ClN3O/c1-15-8-9-18(17(21)14-15)22-20(25)19(16-6-4-3-5-7-16)24-12-10-23(2)11-13-24/h3-9,14,19H,10-13H2,1-2H3,(H,22,25)/t19-/m1/s1. The summed E-state index contributed by atoms with van der Waals surface area (Å²) in [6.07, 6.45) is 0. The zero-order valence-corrected chi connectivity index (χ0v) is 15.5. The van der Waals surface area contributed by atoms with Crippen LogP contribution in [-0.4, -0.2) is 48.9 Å². The summed E-state index contributed by atoms with van der Waals surface area (Å²) in [6.45, 7) is 5.63. The summed E-state index contributed by atoms with van der Waals surface area (Å²) in [5, 5.41) is 3.59. The molecule has 25 heavy (non-hydrogen) atoms. The Morgan fingerprint density at radius 2 is 1.76 bits per heavy atom. The van der Waals surface area contributed by atoms with Gasteiger partial charge in [0.05, 0.1) is 10.7 Å². The molecule has 1 aliphatic rings. The van der Waals surface area contributed by atoms with E-state index < -0.39 is 0 Å². The minimum Gasteiger partial charge on any atom is -0.323 e. The van der Waals surface area contributed by atoms with Gasteiger partial charge in [-0.15, -0.1) is 0 Å². The van der Waals surface area contributed by atoms with Gasteiger partial charge in [-0.3, -0.25) is 9.69 Å². The van der Waals surface area contributed by atoms with Crippen LogP contribution in [-0.2, 0) is 4.79 Å². The Hall–Kier alpha value is -1.88. The van der Waals surface area contributed by atoms with E-state index in [4.69, 9.17) is 11.6 Å². The number of rotatable bonds is 4. The third-order valence-electron chi connectivity index (χ3n) is 4.65. The van der Waals surface area contributed by atoms with Crippen LogP contribution in [0.5, 0.6) is 0 Å². The monoisotopic (exact) mass is 357 g/mol. The van der Waals surface area contributed by atoms with Crippen LogP contribution in [0, 0.1) is 6.92 Å². The highest BCUT2D eigenvalue weighted by atomic mass is 35.5. The Kier molecular flexibility index (Phi) is 5.74. The molecule has 1 saturated heterocycles. The van der Waals surface area contributed by atoms with Crippen molar-refractivity contribution in [3.63, 3.8) is 0 Å². The Labute approximate surface area is 154 Å². The van der Waals surface area contributed by atoms with Crippen LogP contribution in [0.2, 0.25) is 5.02 Å². The number of anilines is 1. The van der Waals surface area contributed by atoms with Crippen LogP contribution < -0.4 is 5.32 Å². The fourth-order valence-corrected chi connectivity index (χ4v) is 3.45. The molecule has 1 aliphatic heterocycles.